The van der Waals surface area contributed by atoms with E-state index in [9.17, 15) is 4.79 Å². The molecule has 4 nitrogen and oxygen atoms in total. The Morgan fingerprint density at radius 1 is 0.964 bits per heavy atom. The summed E-state index contributed by atoms with van der Waals surface area (Å²) in [6.45, 7) is 4.35. The highest BCUT2D eigenvalue weighted by atomic mass is 32.1. The van der Waals surface area contributed by atoms with Gasteiger partial charge in [0.15, 0.2) is 5.76 Å². The second-order valence-electron chi connectivity index (χ2n) is 6.69. The van der Waals surface area contributed by atoms with Gasteiger partial charge >= 0.3 is 0 Å². The van der Waals surface area contributed by atoms with Crippen molar-refractivity contribution in [1.29, 1.82) is 0 Å². The molecule has 28 heavy (non-hydrogen) atoms. The van der Waals surface area contributed by atoms with Crippen LogP contribution in [0.3, 0.4) is 0 Å². The maximum absolute atomic E-state index is 12.1. The van der Waals surface area contributed by atoms with Gasteiger partial charge in [-0.2, -0.15) is 0 Å². The van der Waals surface area contributed by atoms with Crippen molar-refractivity contribution in [3.63, 3.8) is 0 Å². The number of nitrogens with one attached hydrogen (secondary N) is 1. The van der Waals surface area contributed by atoms with Gasteiger partial charge < -0.3 is 9.73 Å². The molecule has 0 saturated heterocycles. The van der Waals surface area contributed by atoms with E-state index in [1.807, 2.05) is 31.2 Å². The number of thiazole rings is 1. The fraction of sp³-hybridized carbons (Fsp3) is 0.130. The lowest BCUT2D eigenvalue weighted by atomic mass is 10.1. The number of hydrogen-bond acceptors (Lipinski definition) is 4. The summed E-state index contributed by atoms with van der Waals surface area (Å²) in [5, 5.41) is 5.94. The van der Waals surface area contributed by atoms with Crippen molar-refractivity contribution in [3.05, 3.63) is 88.7 Å². The molecule has 0 spiro atoms. The van der Waals surface area contributed by atoms with Crippen LogP contribution in [0.15, 0.2) is 70.5 Å². The van der Waals surface area contributed by atoms with E-state index in [1.165, 1.54) is 5.56 Å². The van der Waals surface area contributed by atoms with Crippen molar-refractivity contribution in [2.24, 2.45) is 0 Å². The molecule has 0 aliphatic rings. The minimum absolute atomic E-state index is 0.208. The van der Waals surface area contributed by atoms with Crippen molar-refractivity contribution in [1.82, 2.24) is 10.3 Å². The highest BCUT2D eigenvalue weighted by molar-refractivity contribution is 7.13. The molecule has 2 aromatic carbocycles. The number of amides is 1. The summed E-state index contributed by atoms with van der Waals surface area (Å²) < 4.78 is 5.34. The van der Waals surface area contributed by atoms with E-state index < -0.39 is 0 Å². The average Bonchev–Trinajstić information content (AvgIpc) is 3.37. The van der Waals surface area contributed by atoms with Crippen molar-refractivity contribution >= 4 is 17.2 Å². The van der Waals surface area contributed by atoms with Crippen LogP contribution in [0.25, 0.3) is 21.8 Å². The van der Waals surface area contributed by atoms with Gasteiger partial charge in [0, 0.05) is 23.1 Å². The molecule has 1 N–H and O–H groups in total. The standard InChI is InChI=1S/C23H20N2O2S/c1-15-3-8-18(9-4-15)20-14-28-23(25-20)19-10-6-17(7-11-19)13-24-22(26)21-12-5-16(2)27-21/h3-12,14H,13H2,1-2H3,(H,24,26). The minimum atomic E-state index is -0.208. The summed E-state index contributed by atoms with van der Waals surface area (Å²) >= 11 is 1.63. The van der Waals surface area contributed by atoms with Gasteiger partial charge in [-0.1, -0.05) is 54.1 Å². The Labute approximate surface area is 167 Å². The van der Waals surface area contributed by atoms with Crippen LogP contribution in [0.2, 0.25) is 0 Å². The molecule has 5 heteroatoms. The topological polar surface area (TPSA) is 55.1 Å². The summed E-state index contributed by atoms with van der Waals surface area (Å²) in [4.78, 5) is 16.8. The first-order chi connectivity index (χ1) is 13.6. The summed E-state index contributed by atoms with van der Waals surface area (Å²) in [6.07, 6.45) is 0. The number of aromatic nitrogens is 1. The van der Waals surface area contributed by atoms with Gasteiger partial charge in [0.25, 0.3) is 5.91 Å². The molecule has 0 aliphatic heterocycles. The number of carbonyl (C=O) groups excluding carboxylic acids is 1. The van der Waals surface area contributed by atoms with Crippen LogP contribution < -0.4 is 5.32 Å². The molecule has 140 valence electrons. The fourth-order valence-electron chi connectivity index (χ4n) is 2.85. The molecular formula is C23H20N2O2S. The number of furan rings is 1. The third kappa shape index (κ3) is 4.05. The molecule has 4 aromatic rings. The third-order valence-electron chi connectivity index (χ3n) is 4.47. The van der Waals surface area contributed by atoms with Crippen LogP contribution in [0.1, 0.15) is 27.4 Å². The lowest BCUT2D eigenvalue weighted by molar-refractivity contribution is 0.0922. The van der Waals surface area contributed by atoms with Crippen molar-refractivity contribution < 1.29 is 9.21 Å². The molecule has 0 atom stereocenters. The normalized spacial score (nSPS) is 10.8. The molecule has 0 fully saturated rings. The quantitative estimate of drug-likeness (QED) is 0.483. The number of nitrogens with zero attached hydrogens (tertiary/aromatic N) is 1. The lowest BCUT2D eigenvalue weighted by Gasteiger charge is -2.04. The zero-order valence-corrected chi connectivity index (χ0v) is 16.5. The monoisotopic (exact) mass is 388 g/mol. The Morgan fingerprint density at radius 2 is 1.68 bits per heavy atom. The molecule has 0 aliphatic carbocycles. The first-order valence-corrected chi connectivity index (χ1v) is 9.93. The van der Waals surface area contributed by atoms with E-state index in [-0.39, 0.29) is 5.91 Å². The molecule has 2 aromatic heterocycles. The van der Waals surface area contributed by atoms with Gasteiger partial charge in [-0.3, -0.25) is 4.79 Å². The van der Waals surface area contributed by atoms with Crippen molar-refractivity contribution in [2.45, 2.75) is 20.4 Å². The lowest BCUT2D eigenvalue weighted by Crippen LogP contribution is -2.22. The minimum Gasteiger partial charge on any atom is -0.456 e. The van der Waals surface area contributed by atoms with E-state index in [1.54, 1.807) is 23.5 Å². The predicted molar refractivity (Wildman–Crippen MR) is 112 cm³/mol. The number of benzene rings is 2. The van der Waals surface area contributed by atoms with E-state index in [0.717, 1.165) is 33.2 Å². The van der Waals surface area contributed by atoms with Gasteiger partial charge in [-0.15, -0.1) is 11.3 Å². The number of carbonyl (C=O) groups is 1. The average molecular weight is 388 g/mol. The summed E-state index contributed by atoms with van der Waals surface area (Å²) in [5.41, 5.74) is 5.45. The van der Waals surface area contributed by atoms with Crippen LogP contribution in [-0.4, -0.2) is 10.9 Å². The first kappa shape index (κ1) is 18.2. The Morgan fingerprint density at radius 3 is 2.36 bits per heavy atom. The van der Waals surface area contributed by atoms with Gasteiger partial charge in [-0.25, -0.2) is 4.98 Å². The number of hydrogen-bond donors (Lipinski definition) is 1. The SMILES string of the molecule is Cc1ccc(-c2csc(-c3ccc(CNC(=O)c4ccc(C)o4)cc3)n2)cc1. The predicted octanol–water partition coefficient (Wildman–Crippen LogP) is 5.62. The number of rotatable bonds is 5. The van der Waals surface area contributed by atoms with Crippen LogP contribution >= 0.6 is 11.3 Å². The van der Waals surface area contributed by atoms with Crippen LogP contribution in [0.4, 0.5) is 0 Å². The third-order valence-corrected chi connectivity index (χ3v) is 5.36. The van der Waals surface area contributed by atoms with Crippen LogP contribution in [0.5, 0.6) is 0 Å². The number of aryl methyl sites for hydroxylation is 2. The summed E-state index contributed by atoms with van der Waals surface area (Å²) in [6, 6.07) is 20.0. The Hall–Kier alpha value is -3.18. The maximum atomic E-state index is 12.1. The zero-order chi connectivity index (χ0) is 19.5. The smallest absolute Gasteiger partial charge is 0.287 e. The molecule has 2 heterocycles. The maximum Gasteiger partial charge on any atom is 0.287 e. The highest BCUT2D eigenvalue weighted by Crippen LogP contribution is 2.29. The summed E-state index contributed by atoms with van der Waals surface area (Å²) in [7, 11) is 0. The molecule has 1 amide bonds. The van der Waals surface area contributed by atoms with Crippen LogP contribution in [-0.2, 0) is 6.54 Å². The van der Waals surface area contributed by atoms with E-state index in [0.29, 0.717) is 12.3 Å². The van der Waals surface area contributed by atoms with Gasteiger partial charge in [-0.05, 0) is 31.5 Å². The second kappa shape index (κ2) is 7.82. The highest BCUT2D eigenvalue weighted by Gasteiger charge is 2.10. The van der Waals surface area contributed by atoms with Gasteiger partial charge in [0.2, 0.25) is 0 Å². The molecular weight excluding hydrogens is 368 g/mol. The molecule has 0 unspecified atom stereocenters. The van der Waals surface area contributed by atoms with E-state index in [4.69, 9.17) is 9.40 Å². The Balaban J connectivity index is 1.42. The fourth-order valence-corrected chi connectivity index (χ4v) is 3.69. The van der Waals surface area contributed by atoms with E-state index in [2.05, 4.69) is 41.9 Å². The van der Waals surface area contributed by atoms with Crippen LogP contribution in [0, 0.1) is 13.8 Å². The molecule has 0 bridgehead atoms. The van der Waals surface area contributed by atoms with Crippen molar-refractivity contribution in [3.8, 4) is 21.8 Å². The zero-order valence-electron chi connectivity index (χ0n) is 15.7. The Kier molecular flexibility index (Phi) is 5.08. The summed E-state index contributed by atoms with van der Waals surface area (Å²) in [5.74, 6) is 0.850. The molecule has 0 radical (unpaired) electrons. The molecule has 4 rings (SSSR count). The van der Waals surface area contributed by atoms with E-state index >= 15 is 0 Å². The van der Waals surface area contributed by atoms with Gasteiger partial charge in [0.1, 0.15) is 10.8 Å². The van der Waals surface area contributed by atoms with Crippen molar-refractivity contribution in [2.75, 3.05) is 0 Å². The van der Waals surface area contributed by atoms with Gasteiger partial charge in [0.05, 0.1) is 5.69 Å². The second-order valence-corrected chi connectivity index (χ2v) is 7.55. The Bertz CT molecular complexity index is 1090. The first-order valence-electron chi connectivity index (χ1n) is 9.05. The molecule has 0 saturated carbocycles. The largest absolute Gasteiger partial charge is 0.456 e.